The largest absolute Gasteiger partial charge is 0.0970 e. The SMILES string of the molecule is Cc1cc(C#CCCBr)ccc1Cl. The van der Waals surface area contributed by atoms with Gasteiger partial charge in [-0.3, -0.25) is 0 Å². The van der Waals surface area contributed by atoms with E-state index in [0.29, 0.717) is 0 Å². The van der Waals surface area contributed by atoms with Gasteiger partial charge in [-0.15, -0.1) is 0 Å². The quantitative estimate of drug-likeness (QED) is 0.530. The Bertz CT molecular complexity index is 347. The number of aryl methyl sites for hydroxylation is 1. The van der Waals surface area contributed by atoms with Crippen molar-refractivity contribution in [2.75, 3.05) is 5.33 Å². The van der Waals surface area contributed by atoms with Crippen LogP contribution in [0.1, 0.15) is 17.5 Å². The number of rotatable bonds is 1. The zero-order valence-electron chi connectivity index (χ0n) is 7.40. The molecule has 0 spiro atoms. The molecule has 0 saturated carbocycles. The molecule has 0 N–H and O–H groups in total. The van der Waals surface area contributed by atoms with Gasteiger partial charge in [-0.05, 0) is 30.7 Å². The summed E-state index contributed by atoms with van der Waals surface area (Å²) in [4.78, 5) is 0. The second kappa shape index (κ2) is 5.32. The van der Waals surface area contributed by atoms with Crippen LogP contribution in [-0.4, -0.2) is 5.33 Å². The number of hydrogen-bond donors (Lipinski definition) is 0. The highest BCUT2D eigenvalue weighted by Crippen LogP contribution is 2.15. The van der Waals surface area contributed by atoms with Crippen LogP contribution in [0.25, 0.3) is 0 Å². The molecular weight excluding hydrogens is 247 g/mol. The maximum Gasteiger partial charge on any atom is 0.0436 e. The van der Waals surface area contributed by atoms with Gasteiger partial charge in [0.05, 0.1) is 0 Å². The van der Waals surface area contributed by atoms with Gasteiger partial charge in [0.2, 0.25) is 0 Å². The highest BCUT2D eigenvalue weighted by Gasteiger charge is 1.93. The van der Waals surface area contributed by atoms with Crippen LogP contribution in [0.2, 0.25) is 5.02 Å². The third-order valence-electron chi connectivity index (χ3n) is 1.61. The zero-order valence-corrected chi connectivity index (χ0v) is 9.74. The molecule has 1 aromatic rings. The van der Waals surface area contributed by atoms with Crippen molar-refractivity contribution < 1.29 is 0 Å². The topological polar surface area (TPSA) is 0 Å². The molecule has 13 heavy (non-hydrogen) atoms. The molecule has 0 heterocycles. The highest BCUT2D eigenvalue weighted by molar-refractivity contribution is 9.09. The van der Waals surface area contributed by atoms with Gasteiger partial charge in [0, 0.05) is 22.3 Å². The lowest BCUT2D eigenvalue weighted by molar-refractivity contribution is 1.32. The van der Waals surface area contributed by atoms with Crippen LogP contribution in [0.3, 0.4) is 0 Å². The molecule has 0 aliphatic heterocycles. The summed E-state index contributed by atoms with van der Waals surface area (Å²) in [5.41, 5.74) is 2.11. The van der Waals surface area contributed by atoms with Gasteiger partial charge in [0.1, 0.15) is 0 Å². The summed E-state index contributed by atoms with van der Waals surface area (Å²) in [5.74, 6) is 6.13. The minimum absolute atomic E-state index is 0.797. The molecule has 0 amide bonds. The van der Waals surface area contributed by atoms with Crippen LogP contribution in [0.15, 0.2) is 18.2 Å². The Balaban J connectivity index is 2.81. The Morgan fingerprint density at radius 2 is 2.23 bits per heavy atom. The molecule has 0 fully saturated rings. The van der Waals surface area contributed by atoms with E-state index in [1.807, 2.05) is 25.1 Å². The highest BCUT2D eigenvalue weighted by atomic mass is 79.9. The standard InChI is InChI=1S/C11H10BrCl/c1-9-8-10(4-2-3-7-12)5-6-11(9)13/h5-6,8H,3,7H2,1H3. The fourth-order valence-electron chi connectivity index (χ4n) is 0.934. The molecule has 0 saturated heterocycles. The Kier molecular flexibility index (Phi) is 4.35. The van der Waals surface area contributed by atoms with E-state index in [1.54, 1.807) is 0 Å². The first-order valence-corrected chi connectivity index (χ1v) is 5.55. The van der Waals surface area contributed by atoms with Gasteiger partial charge in [-0.1, -0.05) is 39.4 Å². The molecule has 0 aromatic heterocycles. The summed E-state index contributed by atoms with van der Waals surface area (Å²) in [6.07, 6.45) is 0.877. The van der Waals surface area contributed by atoms with Crippen molar-refractivity contribution in [2.24, 2.45) is 0 Å². The van der Waals surface area contributed by atoms with Crippen molar-refractivity contribution in [1.82, 2.24) is 0 Å². The maximum atomic E-state index is 5.89. The molecule has 1 rings (SSSR count). The summed E-state index contributed by atoms with van der Waals surface area (Å²) in [6.45, 7) is 1.98. The summed E-state index contributed by atoms with van der Waals surface area (Å²) in [6, 6.07) is 5.83. The van der Waals surface area contributed by atoms with Gasteiger partial charge >= 0.3 is 0 Å². The van der Waals surface area contributed by atoms with Crippen LogP contribution in [-0.2, 0) is 0 Å². The van der Waals surface area contributed by atoms with Crippen LogP contribution in [0.5, 0.6) is 0 Å². The Morgan fingerprint density at radius 1 is 1.46 bits per heavy atom. The molecule has 0 aliphatic carbocycles. The summed E-state index contributed by atoms with van der Waals surface area (Å²) < 4.78 is 0. The molecule has 68 valence electrons. The van der Waals surface area contributed by atoms with E-state index < -0.39 is 0 Å². The first-order valence-electron chi connectivity index (χ1n) is 4.05. The van der Waals surface area contributed by atoms with E-state index in [1.165, 1.54) is 0 Å². The molecule has 0 unspecified atom stereocenters. The second-order valence-corrected chi connectivity index (χ2v) is 3.90. The van der Waals surface area contributed by atoms with Crippen molar-refractivity contribution in [3.05, 3.63) is 34.3 Å². The van der Waals surface area contributed by atoms with E-state index in [4.69, 9.17) is 11.6 Å². The number of benzene rings is 1. The van der Waals surface area contributed by atoms with Crippen LogP contribution in [0.4, 0.5) is 0 Å². The monoisotopic (exact) mass is 256 g/mol. The Labute approximate surface area is 92.4 Å². The van der Waals surface area contributed by atoms with Crippen LogP contribution in [0, 0.1) is 18.8 Å². The van der Waals surface area contributed by atoms with E-state index in [2.05, 4.69) is 27.8 Å². The van der Waals surface area contributed by atoms with Crippen molar-refractivity contribution in [3.63, 3.8) is 0 Å². The van der Waals surface area contributed by atoms with Crippen molar-refractivity contribution >= 4 is 27.5 Å². The molecule has 0 nitrogen and oxygen atoms in total. The molecular formula is C11H10BrCl. The van der Waals surface area contributed by atoms with E-state index in [0.717, 1.165) is 27.9 Å². The second-order valence-electron chi connectivity index (χ2n) is 2.70. The third-order valence-corrected chi connectivity index (χ3v) is 2.43. The normalized spacial score (nSPS) is 9.15. The minimum atomic E-state index is 0.797. The summed E-state index contributed by atoms with van der Waals surface area (Å²) in [5, 5.41) is 1.72. The average Bonchev–Trinajstić information content (AvgIpc) is 2.12. The zero-order chi connectivity index (χ0) is 9.68. The van der Waals surface area contributed by atoms with Gasteiger partial charge < -0.3 is 0 Å². The number of halogens is 2. The molecule has 0 bridgehead atoms. The van der Waals surface area contributed by atoms with Crippen molar-refractivity contribution in [3.8, 4) is 11.8 Å². The molecule has 1 aromatic carbocycles. The lowest BCUT2D eigenvalue weighted by Gasteiger charge is -1.96. The predicted molar refractivity (Wildman–Crippen MR) is 61.5 cm³/mol. The Morgan fingerprint density at radius 3 is 2.85 bits per heavy atom. The fourth-order valence-corrected chi connectivity index (χ4v) is 1.25. The molecule has 0 atom stereocenters. The van der Waals surface area contributed by atoms with E-state index in [-0.39, 0.29) is 0 Å². The average molecular weight is 258 g/mol. The van der Waals surface area contributed by atoms with Gasteiger partial charge in [-0.25, -0.2) is 0 Å². The summed E-state index contributed by atoms with van der Waals surface area (Å²) in [7, 11) is 0. The first kappa shape index (κ1) is 10.6. The lowest BCUT2D eigenvalue weighted by atomic mass is 10.1. The minimum Gasteiger partial charge on any atom is -0.0970 e. The number of alkyl halides is 1. The molecule has 0 aliphatic rings. The third kappa shape index (κ3) is 3.42. The van der Waals surface area contributed by atoms with Gasteiger partial charge in [0.15, 0.2) is 0 Å². The van der Waals surface area contributed by atoms with E-state index in [9.17, 15) is 0 Å². The molecule has 0 radical (unpaired) electrons. The van der Waals surface area contributed by atoms with Gasteiger partial charge in [-0.2, -0.15) is 0 Å². The van der Waals surface area contributed by atoms with Gasteiger partial charge in [0.25, 0.3) is 0 Å². The van der Waals surface area contributed by atoms with E-state index >= 15 is 0 Å². The predicted octanol–water partition coefficient (Wildman–Crippen LogP) is 3.78. The van der Waals surface area contributed by atoms with Crippen LogP contribution >= 0.6 is 27.5 Å². The Hall–Kier alpha value is -0.450. The van der Waals surface area contributed by atoms with Crippen LogP contribution < -0.4 is 0 Å². The lowest BCUT2D eigenvalue weighted by Crippen LogP contribution is -1.79. The fraction of sp³-hybridized carbons (Fsp3) is 0.273. The molecule has 2 heteroatoms. The smallest absolute Gasteiger partial charge is 0.0436 e. The summed E-state index contributed by atoms with van der Waals surface area (Å²) >= 11 is 9.21. The first-order chi connectivity index (χ1) is 6.24. The maximum absolute atomic E-state index is 5.89. The van der Waals surface area contributed by atoms with Crippen molar-refractivity contribution in [1.29, 1.82) is 0 Å². The number of hydrogen-bond acceptors (Lipinski definition) is 0. The van der Waals surface area contributed by atoms with Crippen molar-refractivity contribution in [2.45, 2.75) is 13.3 Å².